The summed E-state index contributed by atoms with van der Waals surface area (Å²) >= 11 is 0. The van der Waals surface area contributed by atoms with Crippen LogP contribution < -0.4 is 4.74 Å². The molecule has 140 valence electrons. The van der Waals surface area contributed by atoms with Crippen LogP contribution in [0.5, 0.6) is 5.75 Å². The van der Waals surface area contributed by atoms with Gasteiger partial charge in [0.2, 0.25) is 0 Å². The number of nitrogens with zero attached hydrogens (tertiary/aromatic N) is 3. The highest BCUT2D eigenvalue weighted by atomic mass is 16.5. The molecule has 2 aromatic rings. The van der Waals surface area contributed by atoms with Crippen LogP contribution in [0.4, 0.5) is 0 Å². The summed E-state index contributed by atoms with van der Waals surface area (Å²) in [7, 11) is 0. The predicted octanol–water partition coefficient (Wildman–Crippen LogP) is 1.62. The van der Waals surface area contributed by atoms with Crippen molar-refractivity contribution in [1.82, 2.24) is 15.0 Å². The van der Waals surface area contributed by atoms with Crippen LogP contribution in [0.2, 0.25) is 0 Å². The van der Waals surface area contributed by atoms with Crippen molar-refractivity contribution in [3.8, 4) is 5.75 Å². The third-order valence-corrected chi connectivity index (χ3v) is 4.75. The van der Waals surface area contributed by atoms with Crippen molar-refractivity contribution in [2.24, 2.45) is 0 Å². The maximum absolute atomic E-state index is 12.9. The molecule has 1 amide bonds. The summed E-state index contributed by atoms with van der Waals surface area (Å²) in [6.07, 6.45) is 0. The molecule has 0 aliphatic carbocycles. The number of aryl methyl sites for hydroxylation is 2. The Bertz CT molecular complexity index is 731. The van der Waals surface area contributed by atoms with E-state index < -0.39 is 0 Å². The number of carbonyl (C=O) groups excluding carboxylic acids is 1. The minimum absolute atomic E-state index is 0.0250. The van der Waals surface area contributed by atoms with Crippen LogP contribution in [0.25, 0.3) is 0 Å². The Balaban J connectivity index is 1.68. The number of aliphatic hydroxyl groups excluding tert-OH is 1. The molecule has 0 unspecified atom stereocenters. The van der Waals surface area contributed by atoms with Crippen molar-refractivity contribution in [2.75, 3.05) is 39.3 Å². The summed E-state index contributed by atoms with van der Waals surface area (Å²) in [5, 5.41) is 13.0. The van der Waals surface area contributed by atoms with Gasteiger partial charge in [0, 0.05) is 32.7 Å². The zero-order valence-electron chi connectivity index (χ0n) is 15.3. The number of hydrogen-bond donors (Lipinski definition) is 1. The van der Waals surface area contributed by atoms with Crippen molar-refractivity contribution in [3.05, 3.63) is 46.8 Å². The van der Waals surface area contributed by atoms with Crippen molar-refractivity contribution in [3.63, 3.8) is 0 Å². The number of rotatable bonds is 6. The van der Waals surface area contributed by atoms with Gasteiger partial charge in [-0.05, 0) is 26.0 Å². The number of aromatic nitrogens is 1. The van der Waals surface area contributed by atoms with Gasteiger partial charge in [0.15, 0.2) is 0 Å². The first-order chi connectivity index (χ1) is 12.6. The largest absolute Gasteiger partial charge is 0.488 e. The minimum atomic E-state index is -0.0250. The van der Waals surface area contributed by atoms with E-state index in [1.807, 2.05) is 36.9 Å². The maximum atomic E-state index is 12.9. The van der Waals surface area contributed by atoms with E-state index in [0.29, 0.717) is 37.6 Å². The van der Waals surface area contributed by atoms with Gasteiger partial charge >= 0.3 is 0 Å². The summed E-state index contributed by atoms with van der Waals surface area (Å²) in [5.74, 6) is 1.27. The monoisotopic (exact) mass is 359 g/mol. The molecule has 2 heterocycles. The van der Waals surface area contributed by atoms with E-state index in [0.717, 1.165) is 30.1 Å². The lowest BCUT2D eigenvalue weighted by molar-refractivity contribution is 0.0610. The van der Waals surface area contributed by atoms with Gasteiger partial charge in [0.25, 0.3) is 5.91 Å². The molecule has 7 heteroatoms. The highest BCUT2D eigenvalue weighted by Crippen LogP contribution is 2.23. The highest BCUT2D eigenvalue weighted by Gasteiger charge is 2.24. The Hall–Kier alpha value is -2.38. The zero-order valence-corrected chi connectivity index (χ0v) is 15.3. The molecule has 7 nitrogen and oxygen atoms in total. The second-order valence-corrected chi connectivity index (χ2v) is 6.45. The first-order valence-electron chi connectivity index (χ1n) is 8.86. The lowest BCUT2D eigenvalue weighted by atomic mass is 10.1. The summed E-state index contributed by atoms with van der Waals surface area (Å²) < 4.78 is 11.1. The van der Waals surface area contributed by atoms with Gasteiger partial charge in [-0.2, -0.15) is 0 Å². The van der Waals surface area contributed by atoms with E-state index in [9.17, 15) is 4.79 Å². The smallest absolute Gasteiger partial charge is 0.257 e. The van der Waals surface area contributed by atoms with Gasteiger partial charge in [-0.25, -0.2) is 0 Å². The molecular formula is C19H25N3O4. The van der Waals surface area contributed by atoms with Crippen molar-refractivity contribution in [1.29, 1.82) is 0 Å². The van der Waals surface area contributed by atoms with Crippen LogP contribution in [-0.2, 0) is 6.61 Å². The van der Waals surface area contributed by atoms with Gasteiger partial charge in [-0.1, -0.05) is 17.3 Å². The third kappa shape index (κ3) is 4.05. The van der Waals surface area contributed by atoms with Crippen molar-refractivity contribution >= 4 is 5.91 Å². The summed E-state index contributed by atoms with van der Waals surface area (Å²) in [5.41, 5.74) is 2.27. The molecular weight excluding hydrogens is 334 g/mol. The van der Waals surface area contributed by atoms with E-state index in [2.05, 4.69) is 10.1 Å². The van der Waals surface area contributed by atoms with Crippen LogP contribution in [0.1, 0.15) is 27.4 Å². The van der Waals surface area contributed by atoms with E-state index in [1.54, 1.807) is 6.07 Å². The lowest BCUT2D eigenvalue weighted by Gasteiger charge is -2.34. The van der Waals surface area contributed by atoms with Gasteiger partial charge in [0.05, 0.1) is 23.4 Å². The molecule has 1 saturated heterocycles. The average Bonchev–Trinajstić information content (AvgIpc) is 2.98. The van der Waals surface area contributed by atoms with Crippen molar-refractivity contribution < 1.29 is 19.2 Å². The van der Waals surface area contributed by atoms with E-state index in [4.69, 9.17) is 14.4 Å². The number of aliphatic hydroxyl groups is 1. The molecule has 26 heavy (non-hydrogen) atoms. The summed E-state index contributed by atoms with van der Waals surface area (Å²) in [6, 6.07) is 7.31. The molecule has 0 bridgehead atoms. The standard InChI is InChI=1S/C19H25N3O4/c1-14-17(15(2)26-20-14)13-25-18-6-4-3-5-16(18)19(24)22-9-7-21(8-10-22)11-12-23/h3-6,23H,7-13H2,1-2H3. The van der Waals surface area contributed by atoms with Gasteiger partial charge < -0.3 is 19.3 Å². The fraction of sp³-hybridized carbons (Fsp3) is 0.474. The third-order valence-electron chi connectivity index (χ3n) is 4.75. The molecule has 1 N–H and O–H groups in total. The van der Waals surface area contributed by atoms with Crippen LogP contribution in [0.15, 0.2) is 28.8 Å². The number of ether oxygens (including phenoxy) is 1. The molecule has 0 spiro atoms. The topological polar surface area (TPSA) is 79.0 Å². The number of carbonyl (C=O) groups is 1. The number of piperazine rings is 1. The number of benzene rings is 1. The predicted molar refractivity (Wildman–Crippen MR) is 96.2 cm³/mol. The molecule has 1 aliphatic heterocycles. The van der Waals surface area contributed by atoms with E-state index in [1.165, 1.54) is 0 Å². The second kappa shape index (κ2) is 8.33. The molecule has 0 atom stereocenters. The molecule has 1 aromatic heterocycles. The Morgan fingerprint density at radius 2 is 1.96 bits per heavy atom. The summed E-state index contributed by atoms with van der Waals surface area (Å²) in [6.45, 7) is 7.68. The van der Waals surface area contributed by atoms with Crippen LogP contribution >= 0.6 is 0 Å². The summed E-state index contributed by atoms with van der Waals surface area (Å²) in [4.78, 5) is 16.9. The fourth-order valence-electron chi connectivity index (χ4n) is 3.11. The number of β-amino-alcohol motifs (C(OH)–C–C–N with tert-alkyl or cyclic N) is 1. The number of hydrogen-bond acceptors (Lipinski definition) is 6. The number of para-hydroxylation sites is 1. The quantitative estimate of drug-likeness (QED) is 0.844. The zero-order chi connectivity index (χ0) is 18.5. The lowest BCUT2D eigenvalue weighted by Crippen LogP contribution is -2.49. The van der Waals surface area contributed by atoms with Crippen molar-refractivity contribution in [2.45, 2.75) is 20.5 Å². The molecule has 1 fully saturated rings. The molecule has 0 saturated carbocycles. The minimum Gasteiger partial charge on any atom is -0.488 e. The molecule has 1 aromatic carbocycles. The SMILES string of the molecule is Cc1noc(C)c1COc1ccccc1C(=O)N1CCN(CCO)CC1. The van der Waals surface area contributed by atoms with E-state index >= 15 is 0 Å². The highest BCUT2D eigenvalue weighted by molar-refractivity contribution is 5.97. The average molecular weight is 359 g/mol. The van der Waals surface area contributed by atoms with Gasteiger partial charge in [-0.15, -0.1) is 0 Å². The fourth-order valence-corrected chi connectivity index (χ4v) is 3.11. The Morgan fingerprint density at radius 3 is 2.62 bits per heavy atom. The normalized spacial score (nSPS) is 15.3. The van der Waals surface area contributed by atoms with Gasteiger partial charge in [-0.3, -0.25) is 9.69 Å². The Kier molecular flexibility index (Phi) is 5.90. The number of amides is 1. The van der Waals surface area contributed by atoms with Crippen LogP contribution in [-0.4, -0.2) is 65.3 Å². The van der Waals surface area contributed by atoms with Crippen LogP contribution in [0, 0.1) is 13.8 Å². The Labute approximate surface area is 153 Å². The maximum Gasteiger partial charge on any atom is 0.257 e. The Morgan fingerprint density at radius 1 is 1.23 bits per heavy atom. The molecule has 3 rings (SSSR count). The van der Waals surface area contributed by atoms with E-state index in [-0.39, 0.29) is 12.5 Å². The molecule has 1 aliphatic rings. The first-order valence-corrected chi connectivity index (χ1v) is 8.86. The first kappa shape index (κ1) is 18.4. The van der Waals surface area contributed by atoms with Crippen LogP contribution in [0.3, 0.4) is 0 Å². The second-order valence-electron chi connectivity index (χ2n) is 6.45. The van der Waals surface area contributed by atoms with Gasteiger partial charge in [0.1, 0.15) is 18.1 Å². The molecule has 0 radical (unpaired) electrons.